The summed E-state index contributed by atoms with van der Waals surface area (Å²) in [6, 6.07) is 17.0. The van der Waals surface area contributed by atoms with Gasteiger partial charge in [-0.1, -0.05) is 29.8 Å². The summed E-state index contributed by atoms with van der Waals surface area (Å²) in [5.74, 6) is 0.417. The molecule has 0 spiro atoms. The van der Waals surface area contributed by atoms with E-state index < -0.39 is 0 Å². The number of hydrogen-bond donors (Lipinski definition) is 1. The number of ether oxygens (including phenoxy) is 1. The zero-order valence-electron chi connectivity index (χ0n) is 11.8. The van der Waals surface area contributed by atoms with E-state index in [0.717, 1.165) is 11.3 Å². The topological polar surface area (TPSA) is 62.1 Å². The van der Waals surface area contributed by atoms with E-state index in [1.165, 1.54) is 5.56 Å². The van der Waals surface area contributed by atoms with Gasteiger partial charge in [-0.3, -0.25) is 4.79 Å². The second-order valence-electron chi connectivity index (χ2n) is 4.69. The van der Waals surface area contributed by atoms with Crippen molar-refractivity contribution >= 4 is 11.6 Å². The lowest BCUT2D eigenvalue weighted by Crippen LogP contribution is -2.09. The zero-order valence-corrected chi connectivity index (χ0v) is 11.8. The number of anilines is 1. The molecule has 2 aromatic rings. The quantitative estimate of drug-likeness (QED) is 0.912. The molecule has 0 saturated heterocycles. The number of aryl methyl sites for hydroxylation is 1. The van der Waals surface area contributed by atoms with Crippen LogP contribution in [0.15, 0.2) is 48.5 Å². The molecule has 0 fully saturated rings. The van der Waals surface area contributed by atoms with Crippen LogP contribution in [0.25, 0.3) is 0 Å². The van der Waals surface area contributed by atoms with E-state index in [1.54, 1.807) is 30.3 Å². The van der Waals surface area contributed by atoms with Crippen LogP contribution in [0.2, 0.25) is 0 Å². The highest BCUT2D eigenvalue weighted by atomic mass is 16.5. The number of nitrogens with one attached hydrogen (secondary N) is 1. The molecule has 0 aromatic heterocycles. The Labute approximate surface area is 124 Å². The summed E-state index contributed by atoms with van der Waals surface area (Å²) in [5.41, 5.74) is 2.96. The lowest BCUT2D eigenvalue weighted by atomic mass is 10.1. The van der Waals surface area contributed by atoms with Gasteiger partial charge in [0.05, 0.1) is 6.07 Å². The molecular weight excluding hydrogens is 264 g/mol. The first-order chi connectivity index (χ1) is 10.2. The summed E-state index contributed by atoms with van der Waals surface area (Å²) in [4.78, 5) is 11.3. The van der Waals surface area contributed by atoms with Gasteiger partial charge in [0.2, 0.25) is 5.91 Å². The number of carbonyl (C=O) groups excluding carboxylic acids is 1. The molecule has 1 amide bonds. The Morgan fingerprint density at radius 1 is 1.24 bits per heavy atom. The van der Waals surface area contributed by atoms with E-state index in [0.29, 0.717) is 12.3 Å². The zero-order chi connectivity index (χ0) is 15.1. The van der Waals surface area contributed by atoms with Crippen molar-refractivity contribution in [3.63, 3.8) is 0 Å². The number of benzene rings is 2. The van der Waals surface area contributed by atoms with Crippen molar-refractivity contribution in [1.82, 2.24) is 0 Å². The van der Waals surface area contributed by atoms with Crippen LogP contribution in [-0.4, -0.2) is 5.91 Å². The molecule has 0 unspecified atom stereocenters. The molecule has 2 rings (SSSR count). The molecule has 0 bridgehead atoms. The van der Waals surface area contributed by atoms with Crippen molar-refractivity contribution in [3.05, 3.63) is 59.7 Å². The Bertz CT molecular complexity index is 657. The summed E-state index contributed by atoms with van der Waals surface area (Å²) < 4.78 is 5.69. The van der Waals surface area contributed by atoms with Crippen molar-refractivity contribution in [1.29, 1.82) is 5.26 Å². The first-order valence-electron chi connectivity index (χ1n) is 6.62. The average Bonchev–Trinajstić information content (AvgIpc) is 2.47. The van der Waals surface area contributed by atoms with E-state index in [9.17, 15) is 4.79 Å². The standard InChI is InChI=1S/C17H16N2O2/c1-13-3-2-4-14(11-13)12-21-16-7-5-15(6-8-16)19-17(20)9-10-18/h2-8,11H,9,12H2,1H3,(H,19,20). The molecule has 4 heteroatoms. The van der Waals surface area contributed by atoms with Gasteiger partial charge in [0, 0.05) is 5.69 Å². The summed E-state index contributed by atoms with van der Waals surface area (Å²) in [6.45, 7) is 2.55. The van der Waals surface area contributed by atoms with Crippen molar-refractivity contribution in [2.75, 3.05) is 5.32 Å². The summed E-state index contributed by atoms with van der Waals surface area (Å²) >= 11 is 0. The van der Waals surface area contributed by atoms with E-state index in [2.05, 4.69) is 11.4 Å². The van der Waals surface area contributed by atoms with Crippen LogP contribution in [0, 0.1) is 18.3 Å². The van der Waals surface area contributed by atoms with Gasteiger partial charge in [0.25, 0.3) is 0 Å². The fourth-order valence-electron chi connectivity index (χ4n) is 1.88. The Kier molecular flexibility index (Phi) is 4.94. The highest BCUT2D eigenvalue weighted by molar-refractivity contribution is 5.92. The molecular formula is C17H16N2O2. The lowest BCUT2D eigenvalue weighted by Gasteiger charge is -2.08. The molecule has 2 aromatic carbocycles. The third-order valence-corrected chi connectivity index (χ3v) is 2.87. The molecule has 0 saturated carbocycles. The van der Waals surface area contributed by atoms with Crippen LogP contribution in [0.1, 0.15) is 17.5 Å². The molecule has 0 aliphatic carbocycles. The number of amides is 1. The lowest BCUT2D eigenvalue weighted by molar-refractivity contribution is -0.115. The maximum absolute atomic E-state index is 11.3. The van der Waals surface area contributed by atoms with Crippen LogP contribution in [0.4, 0.5) is 5.69 Å². The minimum Gasteiger partial charge on any atom is -0.489 e. The highest BCUT2D eigenvalue weighted by Gasteiger charge is 2.02. The first kappa shape index (κ1) is 14.6. The molecule has 0 heterocycles. The molecule has 4 nitrogen and oxygen atoms in total. The Balaban J connectivity index is 1.91. The average molecular weight is 280 g/mol. The molecule has 0 radical (unpaired) electrons. The number of rotatable bonds is 5. The van der Waals surface area contributed by atoms with Crippen molar-refractivity contribution in [2.24, 2.45) is 0 Å². The predicted molar refractivity (Wildman–Crippen MR) is 80.8 cm³/mol. The molecule has 106 valence electrons. The van der Waals surface area contributed by atoms with Crippen molar-refractivity contribution in [2.45, 2.75) is 20.0 Å². The first-order valence-corrected chi connectivity index (χ1v) is 6.62. The van der Waals surface area contributed by atoms with Gasteiger partial charge in [-0.15, -0.1) is 0 Å². The van der Waals surface area contributed by atoms with Gasteiger partial charge in [0.1, 0.15) is 18.8 Å². The Hall–Kier alpha value is -2.80. The predicted octanol–water partition coefficient (Wildman–Crippen LogP) is 3.43. The van der Waals surface area contributed by atoms with Gasteiger partial charge in [-0.05, 0) is 36.8 Å². The van der Waals surface area contributed by atoms with Crippen LogP contribution in [-0.2, 0) is 11.4 Å². The molecule has 0 aliphatic rings. The number of carbonyl (C=O) groups is 1. The molecule has 1 N–H and O–H groups in total. The summed E-state index contributed by atoms with van der Waals surface area (Å²) in [5, 5.41) is 11.1. The van der Waals surface area contributed by atoms with Gasteiger partial charge < -0.3 is 10.1 Å². The van der Waals surface area contributed by atoms with Gasteiger partial charge in [-0.25, -0.2) is 0 Å². The minimum atomic E-state index is -0.314. The normalized spacial score (nSPS) is 9.71. The smallest absolute Gasteiger partial charge is 0.238 e. The SMILES string of the molecule is Cc1cccc(COc2ccc(NC(=O)CC#N)cc2)c1. The van der Waals surface area contributed by atoms with E-state index in [4.69, 9.17) is 10.00 Å². The number of nitriles is 1. The Morgan fingerprint density at radius 3 is 2.67 bits per heavy atom. The van der Waals surface area contributed by atoms with Crippen molar-refractivity contribution in [3.8, 4) is 11.8 Å². The van der Waals surface area contributed by atoms with Crippen molar-refractivity contribution < 1.29 is 9.53 Å². The maximum atomic E-state index is 11.3. The molecule has 0 aliphatic heterocycles. The third-order valence-electron chi connectivity index (χ3n) is 2.87. The van der Waals surface area contributed by atoms with Crippen LogP contribution < -0.4 is 10.1 Å². The van der Waals surface area contributed by atoms with Crippen LogP contribution in [0.3, 0.4) is 0 Å². The maximum Gasteiger partial charge on any atom is 0.238 e. The minimum absolute atomic E-state index is 0.147. The van der Waals surface area contributed by atoms with Crippen LogP contribution in [0.5, 0.6) is 5.75 Å². The van der Waals surface area contributed by atoms with Gasteiger partial charge in [-0.2, -0.15) is 5.26 Å². The highest BCUT2D eigenvalue weighted by Crippen LogP contribution is 2.17. The fourth-order valence-corrected chi connectivity index (χ4v) is 1.88. The summed E-state index contributed by atoms with van der Waals surface area (Å²) in [6.07, 6.45) is -0.147. The number of nitrogens with zero attached hydrogens (tertiary/aromatic N) is 1. The second kappa shape index (κ2) is 7.11. The molecule has 21 heavy (non-hydrogen) atoms. The van der Waals surface area contributed by atoms with E-state index >= 15 is 0 Å². The van der Waals surface area contributed by atoms with E-state index in [1.807, 2.05) is 25.1 Å². The monoisotopic (exact) mass is 280 g/mol. The van der Waals surface area contributed by atoms with Crippen LogP contribution >= 0.6 is 0 Å². The van der Waals surface area contributed by atoms with Gasteiger partial charge in [0.15, 0.2) is 0 Å². The third kappa shape index (κ3) is 4.66. The molecule has 0 atom stereocenters. The second-order valence-corrected chi connectivity index (χ2v) is 4.69. The fraction of sp³-hybridized carbons (Fsp3) is 0.176. The van der Waals surface area contributed by atoms with E-state index in [-0.39, 0.29) is 12.3 Å². The number of hydrogen-bond acceptors (Lipinski definition) is 3. The summed E-state index contributed by atoms with van der Waals surface area (Å²) in [7, 11) is 0. The largest absolute Gasteiger partial charge is 0.489 e. The Morgan fingerprint density at radius 2 is 2.00 bits per heavy atom. The van der Waals surface area contributed by atoms with Gasteiger partial charge >= 0.3 is 0 Å².